The van der Waals surface area contributed by atoms with E-state index in [1.807, 2.05) is 0 Å². The molecule has 0 radical (unpaired) electrons. The molecule has 98 valence electrons. The Morgan fingerprint density at radius 2 is 2.06 bits per heavy atom. The van der Waals surface area contributed by atoms with Gasteiger partial charge in [-0.15, -0.1) is 6.58 Å². The quantitative estimate of drug-likeness (QED) is 0.432. The molecule has 0 bridgehead atoms. The summed E-state index contributed by atoms with van der Waals surface area (Å²) in [6, 6.07) is 5.45. The van der Waals surface area contributed by atoms with E-state index < -0.39 is 17.1 Å². The normalized spacial score (nSPS) is 13.9. The summed E-state index contributed by atoms with van der Waals surface area (Å²) in [5, 5.41) is 29.5. The van der Waals surface area contributed by atoms with Crippen LogP contribution in [-0.2, 0) is 4.74 Å². The van der Waals surface area contributed by atoms with Gasteiger partial charge in [0.15, 0.2) is 0 Å². The SMILES string of the molecule is C=CCOC(CO)C(O)c1ccc([N+](=O)[O-])cc1. The number of benzene rings is 1. The average molecular weight is 253 g/mol. The molecule has 1 aromatic rings. The summed E-state index contributed by atoms with van der Waals surface area (Å²) in [6.45, 7) is 3.32. The van der Waals surface area contributed by atoms with Gasteiger partial charge >= 0.3 is 0 Å². The van der Waals surface area contributed by atoms with Gasteiger partial charge in [-0.2, -0.15) is 0 Å². The Bertz CT molecular complexity index is 403. The number of non-ortho nitro benzene ring substituents is 1. The minimum absolute atomic E-state index is 0.0569. The number of nitro benzene ring substituents is 1. The van der Waals surface area contributed by atoms with Crippen molar-refractivity contribution >= 4 is 5.69 Å². The van der Waals surface area contributed by atoms with Crippen molar-refractivity contribution in [2.75, 3.05) is 13.2 Å². The van der Waals surface area contributed by atoms with E-state index in [0.29, 0.717) is 5.56 Å². The van der Waals surface area contributed by atoms with Crippen molar-refractivity contribution in [3.05, 3.63) is 52.6 Å². The smallest absolute Gasteiger partial charge is 0.269 e. The Morgan fingerprint density at radius 1 is 1.44 bits per heavy atom. The summed E-state index contributed by atoms with van der Waals surface area (Å²) in [5.41, 5.74) is 0.391. The summed E-state index contributed by atoms with van der Waals surface area (Å²) >= 11 is 0. The van der Waals surface area contributed by atoms with E-state index in [1.165, 1.54) is 30.3 Å². The number of aliphatic hydroxyl groups excluding tert-OH is 2. The maximum atomic E-state index is 10.5. The zero-order valence-electron chi connectivity index (χ0n) is 9.73. The van der Waals surface area contributed by atoms with E-state index in [9.17, 15) is 15.2 Å². The van der Waals surface area contributed by atoms with Gasteiger partial charge in [-0.05, 0) is 17.7 Å². The molecule has 0 amide bonds. The van der Waals surface area contributed by atoms with Gasteiger partial charge in [-0.25, -0.2) is 0 Å². The second-order valence-corrected chi connectivity index (χ2v) is 3.64. The Balaban J connectivity index is 2.77. The Kier molecular flexibility index (Phi) is 5.44. The average Bonchev–Trinajstić information content (AvgIpc) is 2.39. The van der Waals surface area contributed by atoms with E-state index in [2.05, 4.69) is 6.58 Å². The molecule has 2 N–H and O–H groups in total. The predicted molar refractivity (Wildman–Crippen MR) is 65.1 cm³/mol. The van der Waals surface area contributed by atoms with Gasteiger partial charge in [-0.3, -0.25) is 10.1 Å². The molecule has 0 spiro atoms. The zero-order valence-corrected chi connectivity index (χ0v) is 9.73. The van der Waals surface area contributed by atoms with Gasteiger partial charge in [0.2, 0.25) is 0 Å². The summed E-state index contributed by atoms with van der Waals surface area (Å²) in [6.07, 6.45) is -0.328. The predicted octanol–water partition coefficient (Wildman–Crippen LogP) is 1.19. The molecular formula is C12H15NO5. The topological polar surface area (TPSA) is 92.8 Å². The minimum atomic E-state index is -1.05. The fourth-order valence-corrected chi connectivity index (χ4v) is 1.44. The van der Waals surface area contributed by atoms with Gasteiger partial charge in [0.1, 0.15) is 12.2 Å². The number of rotatable bonds is 7. The highest BCUT2D eigenvalue weighted by atomic mass is 16.6. The molecular weight excluding hydrogens is 238 g/mol. The van der Waals surface area contributed by atoms with Crippen LogP contribution in [0.15, 0.2) is 36.9 Å². The van der Waals surface area contributed by atoms with Gasteiger partial charge in [-0.1, -0.05) is 6.08 Å². The van der Waals surface area contributed by atoms with Crippen LogP contribution in [0.5, 0.6) is 0 Å². The number of nitro groups is 1. The van der Waals surface area contributed by atoms with Gasteiger partial charge in [0, 0.05) is 12.1 Å². The molecule has 0 saturated heterocycles. The van der Waals surface area contributed by atoms with E-state index in [-0.39, 0.29) is 18.9 Å². The van der Waals surface area contributed by atoms with Crippen LogP contribution in [0.3, 0.4) is 0 Å². The first-order valence-corrected chi connectivity index (χ1v) is 5.36. The molecule has 6 heteroatoms. The summed E-state index contributed by atoms with van der Waals surface area (Å²) in [4.78, 5) is 9.96. The maximum absolute atomic E-state index is 10.5. The van der Waals surface area contributed by atoms with Crippen molar-refractivity contribution < 1.29 is 19.9 Å². The van der Waals surface area contributed by atoms with Crippen LogP contribution >= 0.6 is 0 Å². The first kappa shape index (κ1) is 14.3. The Morgan fingerprint density at radius 3 is 2.50 bits per heavy atom. The van der Waals surface area contributed by atoms with Crippen LogP contribution in [0.2, 0.25) is 0 Å². The summed E-state index contributed by atoms with van der Waals surface area (Å²) < 4.78 is 5.18. The molecule has 0 saturated carbocycles. The van der Waals surface area contributed by atoms with Crippen LogP contribution in [0, 0.1) is 10.1 Å². The van der Waals surface area contributed by atoms with E-state index in [1.54, 1.807) is 0 Å². The molecule has 18 heavy (non-hydrogen) atoms. The zero-order chi connectivity index (χ0) is 13.5. The van der Waals surface area contributed by atoms with Crippen LogP contribution in [0.25, 0.3) is 0 Å². The number of hydrogen-bond acceptors (Lipinski definition) is 5. The Hall–Kier alpha value is -1.76. The van der Waals surface area contributed by atoms with E-state index >= 15 is 0 Å². The first-order valence-electron chi connectivity index (χ1n) is 5.36. The van der Waals surface area contributed by atoms with E-state index in [0.717, 1.165) is 0 Å². The lowest BCUT2D eigenvalue weighted by atomic mass is 10.0. The highest BCUT2D eigenvalue weighted by molar-refractivity contribution is 5.34. The van der Waals surface area contributed by atoms with Crippen molar-refractivity contribution in [3.63, 3.8) is 0 Å². The van der Waals surface area contributed by atoms with E-state index in [4.69, 9.17) is 9.84 Å². The minimum Gasteiger partial charge on any atom is -0.394 e. The second kappa shape index (κ2) is 6.85. The van der Waals surface area contributed by atoms with Crippen molar-refractivity contribution in [3.8, 4) is 0 Å². The van der Waals surface area contributed by atoms with Gasteiger partial charge < -0.3 is 14.9 Å². The molecule has 0 heterocycles. The monoisotopic (exact) mass is 253 g/mol. The molecule has 1 rings (SSSR count). The second-order valence-electron chi connectivity index (χ2n) is 3.64. The largest absolute Gasteiger partial charge is 0.394 e. The fraction of sp³-hybridized carbons (Fsp3) is 0.333. The third kappa shape index (κ3) is 3.63. The van der Waals surface area contributed by atoms with Gasteiger partial charge in [0.25, 0.3) is 5.69 Å². The lowest BCUT2D eigenvalue weighted by molar-refractivity contribution is -0.384. The van der Waals surface area contributed by atoms with Crippen molar-refractivity contribution in [1.29, 1.82) is 0 Å². The highest BCUT2D eigenvalue weighted by Gasteiger charge is 2.21. The number of aliphatic hydroxyl groups is 2. The first-order chi connectivity index (χ1) is 8.60. The number of hydrogen-bond donors (Lipinski definition) is 2. The van der Waals surface area contributed by atoms with Crippen LogP contribution in [0.4, 0.5) is 5.69 Å². The molecule has 1 aromatic carbocycles. The lowest BCUT2D eigenvalue weighted by Gasteiger charge is -2.21. The van der Waals surface area contributed by atoms with Crippen molar-refractivity contribution in [1.82, 2.24) is 0 Å². The molecule has 0 aromatic heterocycles. The molecule has 0 fully saturated rings. The molecule has 2 atom stereocenters. The molecule has 0 aliphatic carbocycles. The highest BCUT2D eigenvalue weighted by Crippen LogP contribution is 2.21. The number of nitrogens with zero attached hydrogens (tertiary/aromatic N) is 1. The standard InChI is InChI=1S/C12H15NO5/c1-2-7-18-11(8-14)12(15)9-3-5-10(6-4-9)13(16)17/h2-6,11-12,14-15H,1,7-8H2. The summed E-state index contributed by atoms with van der Waals surface area (Å²) in [7, 11) is 0. The summed E-state index contributed by atoms with van der Waals surface area (Å²) in [5.74, 6) is 0. The molecule has 0 aliphatic heterocycles. The van der Waals surface area contributed by atoms with Gasteiger partial charge in [0.05, 0.1) is 18.1 Å². The molecule has 0 aliphatic rings. The molecule has 2 unspecified atom stereocenters. The maximum Gasteiger partial charge on any atom is 0.269 e. The Labute approximate surface area is 104 Å². The number of ether oxygens (including phenoxy) is 1. The lowest BCUT2D eigenvalue weighted by Crippen LogP contribution is -2.26. The van der Waals surface area contributed by atoms with Crippen LogP contribution < -0.4 is 0 Å². The molecule has 6 nitrogen and oxygen atoms in total. The third-order valence-electron chi connectivity index (χ3n) is 2.41. The van der Waals surface area contributed by atoms with Crippen LogP contribution in [-0.4, -0.2) is 34.5 Å². The fourth-order valence-electron chi connectivity index (χ4n) is 1.44. The third-order valence-corrected chi connectivity index (χ3v) is 2.41. The van der Waals surface area contributed by atoms with Crippen LogP contribution in [0.1, 0.15) is 11.7 Å². The van der Waals surface area contributed by atoms with Crippen molar-refractivity contribution in [2.24, 2.45) is 0 Å². The van der Waals surface area contributed by atoms with Crippen molar-refractivity contribution in [2.45, 2.75) is 12.2 Å².